The number of piperazine rings is 1. The highest BCUT2D eigenvalue weighted by Gasteiger charge is 2.37. The van der Waals surface area contributed by atoms with E-state index in [1.54, 1.807) is 0 Å². The largest absolute Gasteiger partial charge is 0.441 e. The monoisotopic (exact) mass is 312 g/mol. The molecule has 0 spiro atoms. The zero-order chi connectivity index (χ0) is 15.4. The molecule has 0 aromatic heterocycles. The van der Waals surface area contributed by atoms with Crippen molar-refractivity contribution < 1.29 is 13.2 Å². The molecule has 120 valence electrons. The third-order valence-corrected chi connectivity index (χ3v) is 5.20. The summed E-state index contributed by atoms with van der Waals surface area (Å²) in [6.07, 6.45) is 2.04. The topological polar surface area (TPSA) is 15.3 Å². The fourth-order valence-corrected chi connectivity index (χ4v) is 3.25. The summed E-state index contributed by atoms with van der Waals surface area (Å²) >= 11 is 0.0942. The molecule has 3 unspecified atom stereocenters. The summed E-state index contributed by atoms with van der Waals surface area (Å²) < 4.78 is 36.8. The van der Waals surface area contributed by atoms with Gasteiger partial charge in [0.05, 0.1) is 0 Å². The highest BCUT2D eigenvalue weighted by atomic mass is 32.2. The standard InChI is InChI=1S/C14H27F3N2S/c1-5-11(3)12-9-18-13(4,6-2)10-19(12)7-8-20-14(15,16)17/h11-12,18H,5-10H2,1-4H3. The molecule has 0 aliphatic carbocycles. The summed E-state index contributed by atoms with van der Waals surface area (Å²) in [4.78, 5) is 2.26. The molecule has 2 nitrogen and oxygen atoms in total. The van der Waals surface area contributed by atoms with E-state index in [9.17, 15) is 13.2 Å². The predicted molar refractivity (Wildman–Crippen MR) is 80.0 cm³/mol. The van der Waals surface area contributed by atoms with Crippen LogP contribution in [-0.4, -0.2) is 47.4 Å². The Balaban J connectivity index is 2.62. The fraction of sp³-hybridized carbons (Fsp3) is 1.00. The minimum atomic E-state index is -4.12. The van der Waals surface area contributed by atoms with Gasteiger partial charge in [0.2, 0.25) is 0 Å². The lowest BCUT2D eigenvalue weighted by Crippen LogP contribution is -2.64. The lowest BCUT2D eigenvalue weighted by Gasteiger charge is -2.48. The average molecular weight is 312 g/mol. The zero-order valence-electron chi connectivity index (χ0n) is 12.9. The Morgan fingerprint density at radius 3 is 2.55 bits per heavy atom. The van der Waals surface area contributed by atoms with Crippen molar-refractivity contribution in [3.05, 3.63) is 0 Å². The number of hydrogen-bond donors (Lipinski definition) is 1. The third kappa shape index (κ3) is 5.45. The number of rotatable bonds is 6. The molecule has 1 heterocycles. The molecule has 20 heavy (non-hydrogen) atoms. The van der Waals surface area contributed by atoms with Crippen LogP contribution < -0.4 is 5.32 Å². The van der Waals surface area contributed by atoms with Crippen LogP contribution in [0.25, 0.3) is 0 Å². The second kappa shape index (κ2) is 7.36. The summed E-state index contributed by atoms with van der Waals surface area (Å²) in [7, 11) is 0. The van der Waals surface area contributed by atoms with Gasteiger partial charge in [-0.1, -0.05) is 27.2 Å². The third-order valence-electron chi connectivity index (χ3n) is 4.48. The number of nitrogens with zero attached hydrogens (tertiary/aromatic N) is 1. The maximum Gasteiger partial charge on any atom is 0.441 e. The van der Waals surface area contributed by atoms with Crippen molar-refractivity contribution >= 4 is 11.8 Å². The second-order valence-electron chi connectivity index (χ2n) is 6.01. The molecule has 1 saturated heterocycles. The first-order valence-electron chi connectivity index (χ1n) is 7.40. The van der Waals surface area contributed by atoms with Crippen LogP contribution in [0.4, 0.5) is 13.2 Å². The quantitative estimate of drug-likeness (QED) is 0.804. The van der Waals surface area contributed by atoms with Gasteiger partial charge in [0.1, 0.15) is 0 Å². The van der Waals surface area contributed by atoms with Crippen molar-refractivity contribution in [2.75, 3.05) is 25.4 Å². The van der Waals surface area contributed by atoms with E-state index in [0.717, 1.165) is 25.9 Å². The van der Waals surface area contributed by atoms with Crippen molar-refractivity contribution in [2.24, 2.45) is 5.92 Å². The molecule has 0 bridgehead atoms. The Bertz CT molecular complexity index is 299. The zero-order valence-corrected chi connectivity index (χ0v) is 13.7. The smallest absolute Gasteiger partial charge is 0.309 e. The number of nitrogens with one attached hydrogen (secondary N) is 1. The molecule has 1 N–H and O–H groups in total. The normalized spacial score (nSPS) is 30.4. The second-order valence-corrected chi connectivity index (χ2v) is 7.17. The van der Waals surface area contributed by atoms with E-state index in [2.05, 4.69) is 37.9 Å². The van der Waals surface area contributed by atoms with Crippen LogP contribution in [0.1, 0.15) is 40.5 Å². The molecular formula is C14H27F3N2S. The van der Waals surface area contributed by atoms with Gasteiger partial charge < -0.3 is 5.32 Å². The summed E-state index contributed by atoms with van der Waals surface area (Å²) in [5, 5.41) is 3.58. The maximum atomic E-state index is 12.3. The molecule has 0 aromatic rings. The van der Waals surface area contributed by atoms with Crippen molar-refractivity contribution in [3.63, 3.8) is 0 Å². The Morgan fingerprint density at radius 2 is 2.05 bits per heavy atom. The van der Waals surface area contributed by atoms with E-state index in [1.165, 1.54) is 0 Å². The lowest BCUT2D eigenvalue weighted by atomic mass is 9.88. The first-order chi connectivity index (χ1) is 9.21. The van der Waals surface area contributed by atoms with Crippen LogP contribution in [0.15, 0.2) is 0 Å². The summed E-state index contributed by atoms with van der Waals surface area (Å²) in [5.41, 5.74) is -4.10. The molecule has 1 aliphatic heterocycles. The van der Waals surface area contributed by atoms with E-state index >= 15 is 0 Å². The van der Waals surface area contributed by atoms with Gasteiger partial charge in [-0.25, -0.2) is 0 Å². The van der Waals surface area contributed by atoms with Gasteiger partial charge in [-0.05, 0) is 31.0 Å². The SMILES string of the molecule is CCC(C)C1CNC(C)(CC)CN1CCSC(F)(F)F. The maximum absolute atomic E-state index is 12.3. The molecule has 0 aromatic carbocycles. The Kier molecular flexibility index (Phi) is 6.67. The van der Waals surface area contributed by atoms with Crippen LogP contribution in [0.3, 0.4) is 0 Å². The first-order valence-corrected chi connectivity index (χ1v) is 8.39. The van der Waals surface area contributed by atoms with E-state index < -0.39 is 5.51 Å². The van der Waals surface area contributed by atoms with E-state index in [4.69, 9.17) is 0 Å². The lowest BCUT2D eigenvalue weighted by molar-refractivity contribution is -0.0330. The molecule has 1 rings (SSSR count). The van der Waals surface area contributed by atoms with Gasteiger partial charge in [0.25, 0.3) is 0 Å². The molecule has 1 aliphatic rings. The van der Waals surface area contributed by atoms with E-state index in [0.29, 0.717) is 18.5 Å². The van der Waals surface area contributed by atoms with E-state index in [1.807, 2.05) is 0 Å². The number of alkyl halides is 3. The van der Waals surface area contributed by atoms with Gasteiger partial charge in [0, 0.05) is 37.0 Å². The van der Waals surface area contributed by atoms with Crippen LogP contribution >= 0.6 is 11.8 Å². The van der Waals surface area contributed by atoms with Crippen LogP contribution in [-0.2, 0) is 0 Å². The molecule has 6 heteroatoms. The fourth-order valence-electron chi connectivity index (χ4n) is 2.69. The minimum absolute atomic E-state index is 0.0207. The van der Waals surface area contributed by atoms with Gasteiger partial charge in [0.15, 0.2) is 0 Å². The van der Waals surface area contributed by atoms with Crippen LogP contribution in [0.5, 0.6) is 0 Å². The summed E-state index contributed by atoms with van der Waals surface area (Å²) in [6, 6.07) is 0.341. The number of halogens is 3. The Morgan fingerprint density at radius 1 is 1.40 bits per heavy atom. The van der Waals surface area contributed by atoms with Crippen molar-refractivity contribution in [2.45, 2.75) is 57.6 Å². The highest BCUT2D eigenvalue weighted by Crippen LogP contribution is 2.31. The van der Waals surface area contributed by atoms with Crippen molar-refractivity contribution in [1.29, 1.82) is 0 Å². The molecule has 1 fully saturated rings. The van der Waals surface area contributed by atoms with Crippen molar-refractivity contribution in [3.8, 4) is 0 Å². The van der Waals surface area contributed by atoms with Crippen LogP contribution in [0.2, 0.25) is 0 Å². The van der Waals surface area contributed by atoms with Crippen molar-refractivity contribution in [1.82, 2.24) is 10.2 Å². The molecular weight excluding hydrogens is 285 g/mol. The average Bonchev–Trinajstić information content (AvgIpc) is 2.37. The van der Waals surface area contributed by atoms with Gasteiger partial charge in [-0.3, -0.25) is 4.90 Å². The molecule has 0 saturated carbocycles. The summed E-state index contributed by atoms with van der Waals surface area (Å²) in [6.45, 7) is 10.8. The first kappa shape index (κ1) is 18.1. The predicted octanol–water partition coefficient (Wildman–Crippen LogP) is 3.73. The molecule has 0 radical (unpaired) electrons. The Labute approximate surface area is 124 Å². The minimum Gasteiger partial charge on any atom is -0.309 e. The Hall–Kier alpha value is 0.0600. The van der Waals surface area contributed by atoms with Gasteiger partial charge in [-0.2, -0.15) is 13.2 Å². The van der Waals surface area contributed by atoms with Gasteiger partial charge in [-0.15, -0.1) is 0 Å². The molecule has 0 amide bonds. The highest BCUT2D eigenvalue weighted by molar-refractivity contribution is 8.00. The number of hydrogen-bond acceptors (Lipinski definition) is 3. The van der Waals surface area contributed by atoms with E-state index in [-0.39, 0.29) is 23.1 Å². The molecule has 3 atom stereocenters. The number of thioether (sulfide) groups is 1. The van der Waals surface area contributed by atoms with Gasteiger partial charge >= 0.3 is 5.51 Å². The van der Waals surface area contributed by atoms with Crippen LogP contribution in [0, 0.1) is 5.92 Å². The summed E-state index contributed by atoms with van der Waals surface area (Å²) in [5.74, 6) is 0.621.